The molecule has 0 bridgehead atoms. The van der Waals surface area contributed by atoms with Gasteiger partial charge in [-0.05, 0) is 57.5 Å². The highest BCUT2D eigenvalue weighted by atomic mass is 16.6. The van der Waals surface area contributed by atoms with E-state index in [2.05, 4.69) is 81.1 Å². The molecule has 0 fully saturated rings. The Morgan fingerprint density at radius 1 is 0.812 bits per heavy atom. The van der Waals surface area contributed by atoms with Gasteiger partial charge in [0.25, 0.3) is 0 Å². The number of anilines is 2. The van der Waals surface area contributed by atoms with Crippen LogP contribution >= 0.6 is 0 Å². The van der Waals surface area contributed by atoms with E-state index in [9.17, 15) is 4.79 Å². The minimum Gasteiger partial charge on any atom is -0.441 e. The molecule has 0 aromatic heterocycles. The summed E-state index contributed by atoms with van der Waals surface area (Å²) in [6, 6.07) is 20.8. The second-order valence-corrected chi connectivity index (χ2v) is 8.73. The van der Waals surface area contributed by atoms with Crippen LogP contribution in [0.25, 0.3) is 0 Å². The molecular weight excluding hydrogens is 396 g/mol. The van der Waals surface area contributed by atoms with Gasteiger partial charge in [0.15, 0.2) is 5.60 Å². The maximum atomic E-state index is 13.2. The van der Waals surface area contributed by atoms with E-state index in [1.807, 2.05) is 31.1 Å². The van der Waals surface area contributed by atoms with Crippen molar-refractivity contribution < 1.29 is 9.53 Å². The molecule has 166 valence electrons. The average molecular weight is 429 g/mol. The van der Waals surface area contributed by atoms with E-state index in [0.29, 0.717) is 5.56 Å². The molecule has 0 N–H and O–H groups in total. The van der Waals surface area contributed by atoms with Crippen molar-refractivity contribution in [1.82, 2.24) is 0 Å². The normalized spacial score (nSPS) is 17.1. The zero-order valence-electron chi connectivity index (χ0n) is 19.9. The zero-order chi connectivity index (χ0) is 23.0. The fourth-order valence-electron chi connectivity index (χ4n) is 4.72. The summed E-state index contributed by atoms with van der Waals surface area (Å²) < 4.78 is 6.33. The lowest BCUT2D eigenvalue weighted by Gasteiger charge is -2.33. The molecule has 1 aliphatic heterocycles. The third-order valence-corrected chi connectivity index (χ3v) is 6.54. The fourth-order valence-corrected chi connectivity index (χ4v) is 4.72. The molecule has 4 nitrogen and oxygen atoms in total. The van der Waals surface area contributed by atoms with Gasteiger partial charge in [-0.25, -0.2) is 4.79 Å². The van der Waals surface area contributed by atoms with Crippen molar-refractivity contribution in [2.24, 2.45) is 0 Å². The fraction of sp³-hybridized carbons (Fsp3) is 0.321. The molecule has 1 atom stereocenters. The summed E-state index contributed by atoms with van der Waals surface area (Å²) in [7, 11) is 3.96. The molecule has 3 aromatic carbocycles. The number of esters is 1. The predicted molar refractivity (Wildman–Crippen MR) is 132 cm³/mol. The van der Waals surface area contributed by atoms with Crippen molar-refractivity contribution in [1.29, 1.82) is 0 Å². The summed E-state index contributed by atoms with van der Waals surface area (Å²) in [6.07, 6.45) is 0. The SMILES string of the molecule is CCN(CC)c1ccc(C2(c3ccc(C)cc3)OC(=O)c3cc(N(C)C)ccc32)c(C)c1. The first kappa shape index (κ1) is 21.9. The minimum atomic E-state index is -0.961. The van der Waals surface area contributed by atoms with Crippen LogP contribution in [0, 0.1) is 13.8 Å². The summed E-state index contributed by atoms with van der Waals surface area (Å²) >= 11 is 0. The average Bonchev–Trinajstić information content (AvgIpc) is 3.08. The molecule has 0 saturated heterocycles. The number of fused-ring (bicyclic) bond motifs is 1. The largest absolute Gasteiger partial charge is 0.441 e. The summed E-state index contributed by atoms with van der Waals surface area (Å²) in [6.45, 7) is 10.4. The van der Waals surface area contributed by atoms with Crippen LogP contribution in [0.1, 0.15) is 52.0 Å². The second-order valence-electron chi connectivity index (χ2n) is 8.73. The van der Waals surface area contributed by atoms with Crippen LogP contribution in [0.15, 0.2) is 60.7 Å². The molecule has 0 amide bonds. The molecule has 1 unspecified atom stereocenters. The topological polar surface area (TPSA) is 32.8 Å². The molecule has 1 aliphatic rings. The van der Waals surface area contributed by atoms with Crippen LogP contribution in [-0.4, -0.2) is 33.2 Å². The highest BCUT2D eigenvalue weighted by Gasteiger charge is 2.49. The van der Waals surface area contributed by atoms with E-state index in [1.165, 1.54) is 11.3 Å². The Labute approximate surface area is 191 Å². The van der Waals surface area contributed by atoms with Crippen LogP contribution in [-0.2, 0) is 10.3 Å². The van der Waals surface area contributed by atoms with Gasteiger partial charge in [-0.1, -0.05) is 42.0 Å². The first-order chi connectivity index (χ1) is 15.3. The Hall–Kier alpha value is -3.27. The van der Waals surface area contributed by atoms with Crippen LogP contribution < -0.4 is 9.80 Å². The molecule has 0 saturated carbocycles. The number of carbonyl (C=O) groups excluding carboxylic acids is 1. The maximum Gasteiger partial charge on any atom is 0.340 e. The van der Waals surface area contributed by atoms with E-state index >= 15 is 0 Å². The first-order valence-electron chi connectivity index (χ1n) is 11.3. The number of carbonyl (C=O) groups is 1. The first-order valence-corrected chi connectivity index (χ1v) is 11.3. The van der Waals surface area contributed by atoms with E-state index < -0.39 is 5.60 Å². The number of rotatable bonds is 6. The minimum absolute atomic E-state index is 0.281. The zero-order valence-corrected chi connectivity index (χ0v) is 19.9. The van der Waals surface area contributed by atoms with Gasteiger partial charge in [0, 0.05) is 55.2 Å². The van der Waals surface area contributed by atoms with Gasteiger partial charge >= 0.3 is 5.97 Å². The van der Waals surface area contributed by atoms with Gasteiger partial charge in [0.05, 0.1) is 5.56 Å². The molecule has 4 rings (SSSR count). The van der Waals surface area contributed by atoms with Crippen molar-refractivity contribution in [3.05, 3.63) is 94.0 Å². The van der Waals surface area contributed by atoms with E-state index in [1.54, 1.807) is 0 Å². The molecular formula is C28H32N2O2. The predicted octanol–water partition coefficient (Wildman–Crippen LogP) is 5.68. The summed E-state index contributed by atoms with van der Waals surface area (Å²) in [4.78, 5) is 17.5. The van der Waals surface area contributed by atoms with Gasteiger partial charge in [-0.3, -0.25) is 0 Å². The van der Waals surface area contributed by atoms with Crippen LogP contribution in [0.2, 0.25) is 0 Å². The Kier molecular flexibility index (Phi) is 5.72. The lowest BCUT2D eigenvalue weighted by atomic mass is 9.77. The van der Waals surface area contributed by atoms with Gasteiger partial charge in [0.2, 0.25) is 0 Å². The Bertz CT molecular complexity index is 1150. The third kappa shape index (κ3) is 3.44. The van der Waals surface area contributed by atoms with Crippen LogP contribution in [0.5, 0.6) is 0 Å². The van der Waals surface area contributed by atoms with E-state index in [4.69, 9.17) is 4.74 Å². The molecule has 0 spiro atoms. The Morgan fingerprint density at radius 3 is 2.03 bits per heavy atom. The third-order valence-electron chi connectivity index (χ3n) is 6.54. The maximum absolute atomic E-state index is 13.2. The molecule has 32 heavy (non-hydrogen) atoms. The number of hydrogen-bond acceptors (Lipinski definition) is 4. The lowest BCUT2D eigenvalue weighted by Crippen LogP contribution is -2.31. The van der Waals surface area contributed by atoms with Crippen molar-refractivity contribution in [2.75, 3.05) is 37.0 Å². The van der Waals surface area contributed by atoms with Gasteiger partial charge < -0.3 is 14.5 Å². The lowest BCUT2D eigenvalue weighted by molar-refractivity contribution is 0.0250. The number of cyclic esters (lactones) is 1. The molecule has 0 aliphatic carbocycles. The summed E-state index contributed by atoms with van der Waals surface area (Å²) in [5.41, 5.74) is 6.97. The van der Waals surface area contributed by atoms with E-state index in [-0.39, 0.29) is 5.97 Å². The number of nitrogens with zero attached hydrogens (tertiary/aromatic N) is 2. The summed E-state index contributed by atoms with van der Waals surface area (Å²) in [5, 5.41) is 0. The van der Waals surface area contributed by atoms with Gasteiger partial charge in [0.1, 0.15) is 0 Å². The number of hydrogen-bond donors (Lipinski definition) is 0. The molecule has 4 heteroatoms. The van der Waals surface area contributed by atoms with Crippen LogP contribution in [0.4, 0.5) is 11.4 Å². The van der Waals surface area contributed by atoms with Crippen molar-refractivity contribution in [2.45, 2.75) is 33.3 Å². The summed E-state index contributed by atoms with van der Waals surface area (Å²) in [5.74, 6) is -0.281. The highest BCUT2D eigenvalue weighted by Crippen LogP contribution is 2.49. The van der Waals surface area contributed by atoms with Crippen molar-refractivity contribution >= 4 is 17.3 Å². The van der Waals surface area contributed by atoms with Crippen molar-refractivity contribution in [3.63, 3.8) is 0 Å². The number of aryl methyl sites for hydroxylation is 2. The standard InChI is InChI=1S/C28H32N2O2/c1-7-30(8-2)23-14-15-25(20(4)17-23)28(21-11-9-19(3)10-12-21)26-16-13-22(29(5)6)18-24(26)27(31)32-28/h9-18H,7-8H2,1-6H3. The quantitative estimate of drug-likeness (QED) is 0.473. The molecule has 0 radical (unpaired) electrons. The Morgan fingerprint density at radius 2 is 1.44 bits per heavy atom. The smallest absolute Gasteiger partial charge is 0.340 e. The van der Waals surface area contributed by atoms with E-state index in [0.717, 1.165) is 41.0 Å². The number of ether oxygens (including phenoxy) is 1. The molecule has 1 heterocycles. The highest BCUT2D eigenvalue weighted by molar-refractivity contribution is 5.97. The number of benzene rings is 3. The second kappa shape index (κ2) is 8.34. The Balaban J connectivity index is 1.97. The van der Waals surface area contributed by atoms with Crippen molar-refractivity contribution in [3.8, 4) is 0 Å². The monoisotopic (exact) mass is 428 g/mol. The van der Waals surface area contributed by atoms with Crippen LogP contribution in [0.3, 0.4) is 0 Å². The van der Waals surface area contributed by atoms with Gasteiger partial charge in [-0.2, -0.15) is 0 Å². The molecule has 3 aromatic rings. The van der Waals surface area contributed by atoms with Gasteiger partial charge in [-0.15, -0.1) is 0 Å².